The van der Waals surface area contributed by atoms with Crippen molar-refractivity contribution in [2.24, 2.45) is 10.3 Å². The van der Waals surface area contributed by atoms with E-state index in [9.17, 15) is 0 Å². The minimum Gasteiger partial charge on any atom is -0.392 e. The van der Waals surface area contributed by atoms with Gasteiger partial charge in [-0.05, 0) is 36.1 Å². The monoisotopic (exact) mass is 386 g/mol. The summed E-state index contributed by atoms with van der Waals surface area (Å²) in [6.07, 6.45) is 6.79. The van der Waals surface area contributed by atoms with Crippen LogP contribution >= 0.6 is 0 Å². The van der Waals surface area contributed by atoms with Gasteiger partial charge in [0.15, 0.2) is 0 Å². The van der Waals surface area contributed by atoms with Crippen LogP contribution in [0.4, 0.5) is 0 Å². The van der Waals surface area contributed by atoms with E-state index in [0.717, 1.165) is 41.8 Å². The average Bonchev–Trinajstić information content (AvgIpc) is 3.40. The maximum absolute atomic E-state index is 5.68. The van der Waals surface area contributed by atoms with E-state index in [2.05, 4.69) is 60.6 Å². The normalized spacial score (nSPS) is 22.0. The molecule has 0 radical (unpaired) electrons. The molecule has 2 heterocycles. The molecule has 4 rings (SSSR count). The molecule has 4 nitrogen and oxygen atoms in total. The highest BCUT2D eigenvalue weighted by Crippen LogP contribution is 2.26. The third kappa shape index (κ3) is 5.02. The van der Waals surface area contributed by atoms with E-state index in [1.54, 1.807) is 0 Å². The predicted octanol–water partition coefficient (Wildman–Crippen LogP) is 5.87. The van der Waals surface area contributed by atoms with E-state index in [-0.39, 0.29) is 12.2 Å². The largest absolute Gasteiger partial charge is 0.392 e. The second-order valence-electron chi connectivity index (χ2n) is 7.65. The first-order chi connectivity index (χ1) is 14.2. The first-order valence-corrected chi connectivity index (χ1v) is 10.1. The van der Waals surface area contributed by atoms with Gasteiger partial charge < -0.3 is 9.68 Å². The molecule has 2 aromatic rings. The van der Waals surface area contributed by atoms with Crippen LogP contribution in [0.15, 0.2) is 82.1 Å². The number of hydrogen-bond donors (Lipinski definition) is 0. The van der Waals surface area contributed by atoms with Crippen molar-refractivity contribution in [3.05, 3.63) is 82.9 Å². The summed E-state index contributed by atoms with van der Waals surface area (Å²) in [7, 11) is 0. The lowest BCUT2D eigenvalue weighted by molar-refractivity contribution is 0.0123. The van der Waals surface area contributed by atoms with Crippen molar-refractivity contribution in [3.8, 4) is 0 Å². The van der Waals surface area contributed by atoms with Crippen LogP contribution in [0.25, 0.3) is 12.2 Å². The maximum Gasteiger partial charge on any atom is 0.136 e. The van der Waals surface area contributed by atoms with Crippen LogP contribution in [-0.4, -0.2) is 23.6 Å². The Labute approximate surface area is 172 Å². The van der Waals surface area contributed by atoms with Crippen LogP contribution in [0.3, 0.4) is 0 Å². The van der Waals surface area contributed by atoms with Gasteiger partial charge in [0, 0.05) is 19.3 Å². The second-order valence-corrected chi connectivity index (χ2v) is 7.65. The van der Waals surface area contributed by atoms with Gasteiger partial charge in [0.2, 0.25) is 0 Å². The summed E-state index contributed by atoms with van der Waals surface area (Å²) in [5.74, 6) is 0. The van der Waals surface area contributed by atoms with Crippen molar-refractivity contribution in [3.63, 3.8) is 0 Å². The molecule has 2 aliphatic heterocycles. The summed E-state index contributed by atoms with van der Waals surface area (Å²) in [5.41, 5.74) is 6.66. The van der Waals surface area contributed by atoms with Crippen molar-refractivity contribution < 1.29 is 9.68 Å². The molecule has 148 valence electrons. The van der Waals surface area contributed by atoms with Gasteiger partial charge in [-0.1, -0.05) is 83.1 Å². The van der Waals surface area contributed by atoms with Crippen LogP contribution in [0.5, 0.6) is 0 Å². The smallest absolute Gasteiger partial charge is 0.136 e. The van der Waals surface area contributed by atoms with Crippen LogP contribution in [0, 0.1) is 0 Å². The van der Waals surface area contributed by atoms with E-state index in [1.807, 2.05) is 36.4 Å². The fraction of sp³-hybridized carbons (Fsp3) is 0.280. The molecule has 0 bridgehead atoms. The van der Waals surface area contributed by atoms with Crippen molar-refractivity contribution in [1.82, 2.24) is 0 Å². The Bertz CT molecular complexity index is 879. The number of hydrogen-bond acceptors (Lipinski definition) is 4. The fourth-order valence-corrected chi connectivity index (χ4v) is 3.63. The van der Waals surface area contributed by atoms with E-state index < -0.39 is 0 Å². The lowest BCUT2D eigenvalue weighted by atomic mass is 9.97. The molecule has 0 amide bonds. The van der Waals surface area contributed by atoms with Crippen LogP contribution in [-0.2, 0) is 9.68 Å². The lowest BCUT2D eigenvalue weighted by Gasteiger charge is -2.12. The van der Waals surface area contributed by atoms with Gasteiger partial charge in [0.1, 0.15) is 12.2 Å². The Morgan fingerprint density at radius 3 is 1.59 bits per heavy atom. The van der Waals surface area contributed by atoms with Gasteiger partial charge >= 0.3 is 0 Å². The van der Waals surface area contributed by atoms with Crippen molar-refractivity contribution in [2.75, 3.05) is 0 Å². The van der Waals surface area contributed by atoms with Crippen LogP contribution in [0.1, 0.15) is 44.2 Å². The number of rotatable bonds is 6. The minimum atomic E-state index is 0.0436. The summed E-state index contributed by atoms with van der Waals surface area (Å²) >= 11 is 0. The molecule has 2 aliphatic rings. The molecule has 0 unspecified atom stereocenters. The van der Waals surface area contributed by atoms with E-state index in [0.29, 0.717) is 0 Å². The summed E-state index contributed by atoms with van der Waals surface area (Å²) in [6.45, 7) is 4.17. The molecular weight excluding hydrogens is 360 g/mol. The molecule has 0 N–H and O–H groups in total. The first-order valence-electron chi connectivity index (χ1n) is 10.1. The summed E-state index contributed by atoms with van der Waals surface area (Å²) in [5, 5.41) is 8.62. The van der Waals surface area contributed by atoms with Gasteiger partial charge in [0.25, 0.3) is 0 Å². The standard InChI is InChI=1S/C25H26N2O2/c1-18(13-20-9-5-3-6-10-20)24-16-22(28-26-24)15-23-17-25(27-29-23)19(2)14-21-11-7-4-8-12-21/h3-14,22-23H,15-17H2,1-2H3/b18-13+,19-14+/t22-,23-/m0/s1. The van der Waals surface area contributed by atoms with Crippen LogP contribution < -0.4 is 0 Å². The molecule has 0 saturated heterocycles. The third-order valence-corrected chi connectivity index (χ3v) is 5.27. The van der Waals surface area contributed by atoms with Gasteiger partial charge in [-0.3, -0.25) is 0 Å². The minimum absolute atomic E-state index is 0.0436. The Morgan fingerprint density at radius 2 is 1.17 bits per heavy atom. The number of allylic oxidation sites excluding steroid dienone is 2. The third-order valence-electron chi connectivity index (χ3n) is 5.27. The highest BCUT2D eigenvalue weighted by Gasteiger charge is 2.30. The van der Waals surface area contributed by atoms with E-state index in [4.69, 9.17) is 9.68 Å². The Hall–Kier alpha value is -3.14. The molecular formula is C25H26N2O2. The summed E-state index contributed by atoms with van der Waals surface area (Å²) in [4.78, 5) is 11.4. The Kier molecular flexibility index (Phi) is 5.89. The zero-order valence-electron chi connectivity index (χ0n) is 16.9. The number of nitrogens with zero attached hydrogens (tertiary/aromatic N) is 2. The quantitative estimate of drug-likeness (QED) is 0.623. The zero-order chi connectivity index (χ0) is 20.1. The zero-order valence-corrected chi connectivity index (χ0v) is 16.9. The molecule has 29 heavy (non-hydrogen) atoms. The average molecular weight is 386 g/mol. The molecule has 0 saturated carbocycles. The molecule has 0 aliphatic carbocycles. The predicted molar refractivity (Wildman–Crippen MR) is 119 cm³/mol. The fourth-order valence-electron chi connectivity index (χ4n) is 3.63. The topological polar surface area (TPSA) is 43.2 Å². The van der Waals surface area contributed by atoms with E-state index >= 15 is 0 Å². The number of oxime groups is 2. The Balaban J connectivity index is 1.29. The number of benzene rings is 2. The van der Waals surface area contributed by atoms with Gasteiger partial charge in [-0.15, -0.1) is 0 Å². The van der Waals surface area contributed by atoms with Gasteiger partial charge in [0.05, 0.1) is 11.4 Å². The van der Waals surface area contributed by atoms with Gasteiger partial charge in [-0.2, -0.15) is 0 Å². The summed E-state index contributed by atoms with van der Waals surface area (Å²) in [6, 6.07) is 20.6. The van der Waals surface area contributed by atoms with E-state index in [1.165, 1.54) is 11.1 Å². The van der Waals surface area contributed by atoms with Crippen LogP contribution in [0.2, 0.25) is 0 Å². The molecule has 4 heteroatoms. The molecule has 0 fully saturated rings. The SMILES string of the molecule is C/C(=C\c1ccccc1)C1=NO[C@@H](C[C@H]2CC(/C(C)=C/c3ccccc3)=NO2)C1. The second kappa shape index (κ2) is 8.91. The molecule has 2 aromatic carbocycles. The lowest BCUT2D eigenvalue weighted by Crippen LogP contribution is -2.19. The molecule has 0 spiro atoms. The maximum atomic E-state index is 5.68. The Morgan fingerprint density at radius 1 is 0.759 bits per heavy atom. The molecule has 0 aromatic heterocycles. The summed E-state index contributed by atoms with van der Waals surface area (Å²) < 4.78 is 0. The molecule has 2 atom stereocenters. The van der Waals surface area contributed by atoms with Crippen molar-refractivity contribution >= 4 is 23.6 Å². The highest BCUT2D eigenvalue weighted by molar-refractivity contribution is 6.04. The highest BCUT2D eigenvalue weighted by atomic mass is 16.7. The van der Waals surface area contributed by atoms with Gasteiger partial charge in [-0.25, -0.2) is 0 Å². The first kappa shape index (κ1) is 19.2. The van der Waals surface area contributed by atoms with Crippen molar-refractivity contribution in [2.45, 2.75) is 45.3 Å². The van der Waals surface area contributed by atoms with Crippen molar-refractivity contribution in [1.29, 1.82) is 0 Å².